The van der Waals surface area contributed by atoms with Gasteiger partial charge in [-0.2, -0.15) is 0 Å². The van der Waals surface area contributed by atoms with Crippen LogP contribution in [0.3, 0.4) is 0 Å². The van der Waals surface area contributed by atoms with Crippen LogP contribution in [0, 0.1) is 0 Å². The summed E-state index contributed by atoms with van der Waals surface area (Å²) in [5, 5.41) is 1.97. The van der Waals surface area contributed by atoms with E-state index in [2.05, 4.69) is 12.1 Å². The lowest BCUT2D eigenvalue weighted by Gasteiger charge is -2.13. The summed E-state index contributed by atoms with van der Waals surface area (Å²) in [6, 6.07) is 24.1. The molecule has 0 fully saturated rings. The molecule has 0 unspecified atom stereocenters. The number of aromatic nitrogens is 1. The van der Waals surface area contributed by atoms with Crippen molar-refractivity contribution in [3.05, 3.63) is 78.4 Å². The van der Waals surface area contributed by atoms with Gasteiger partial charge in [-0.1, -0.05) is 42.5 Å². The van der Waals surface area contributed by atoms with Crippen molar-refractivity contribution in [3.8, 4) is 11.5 Å². The zero-order chi connectivity index (χ0) is 16.4. The molecule has 4 rings (SSSR count). The van der Waals surface area contributed by atoms with E-state index >= 15 is 0 Å². The highest BCUT2D eigenvalue weighted by atomic mass is 16.5. The summed E-state index contributed by atoms with van der Waals surface area (Å²) in [6.07, 6.45) is 0. The lowest BCUT2D eigenvalue weighted by Crippen LogP contribution is -1.98. The van der Waals surface area contributed by atoms with Crippen LogP contribution in [0.1, 0.15) is 5.56 Å². The molecule has 0 atom stereocenters. The predicted octanol–water partition coefficient (Wildman–Crippen LogP) is 4.98. The van der Waals surface area contributed by atoms with Crippen LogP contribution in [0.5, 0.6) is 11.5 Å². The molecule has 0 aliphatic carbocycles. The van der Waals surface area contributed by atoms with Gasteiger partial charge in [0.25, 0.3) is 0 Å². The van der Waals surface area contributed by atoms with E-state index in [0.717, 1.165) is 38.9 Å². The minimum Gasteiger partial charge on any atom is -0.497 e. The summed E-state index contributed by atoms with van der Waals surface area (Å²) in [7, 11) is 1.67. The minimum absolute atomic E-state index is 0.515. The van der Waals surface area contributed by atoms with E-state index in [-0.39, 0.29) is 0 Å². The molecule has 118 valence electrons. The Kier molecular flexibility index (Phi) is 3.75. The maximum absolute atomic E-state index is 6.22. The molecule has 1 aromatic heterocycles. The zero-order valence-corrected chi connectivity index (χ0v) is 13.4. The fourth-order valence-electron chi connectivity index (χ4n) is 2.84. The van der Waals surface area contributed by atoms with E-state index in [9.17, 15) is 0 Å². The third-order valence-corrected chi connectivity index (χ3v) is 4.06. The van der Waals surface area contributed by atoms with Gasteiger partial charge in [0.2, 0.25) is 0 Å². The maximum atomic E-state index is 6.22. The van der Waals surface area contributed by atoms with Crippen molar-refractivity contribution >= 4 is 21.8 Å². The number of para-hydroxylation sites is 1. The highest BCUT2D eigenvalue weighted by Gasteiger charge is 2.11. The summed E-state index contributed by atoms with van der Waals surface area (Å²) in [6.45, 7) is 0.515. The van der Waals surface area contributed by atoms with Gasteiger partial charge in [-0.15, -0.1) is 0 Å². The van der Waals surface area contributed by atoms with Gasteiger partial charge in [0, 0.05) is 10.8 Å². The van der Waals surface area contributed by atoms with Crippen molar-refractivity contribution in [2.75, 3.05) is 7.11 Å². The molecule has 0 radical (unpaired) electrons. The van der Waals surface area contributed by atoms with Crippen LogP contribution < -0.4 is 9.47 Å². The van der Waals surface area contributed by atoms with Crippen LogP contribution in [0.2, 0.25) is 0 Å². The van der Waals surface area contributed by atoms with E-state index < -0.39 is 0 Å². The highest BCUT2D eigenvalue weighted by Crippen LogP contribution is 2.35. The normalized spacial score (nSPS) is 10.9. The van der Waals surface area contributed by atoms with Crippen LogP contribution in [-0.2, 0) is 6.61 Å². The number of ether oxygens (including phenoxy) is 2. The van der Waals surface area contributed by atoms with Crippen molar-refractivity contribution in [2.45, 2.75) is 6.61 Å². The van der Waals surface area contributed by atoms with Gasteiger partial charge in [0.05, 0.1) is 18.1 Å². The van der Waals surface area contributed by atoms with Gasteiger partial charge in [-0.25, -0.2) is 4.98 Å². The van der Waals surface area contributed by atoms with E-state index in [1.165, 1.54) is 0 Å². The number of nitrogens with zero attached hydrogens (tertiary/aromatic N) is 1. The Balaban J connectivity index is 1.87. The molecule has 3 nitrogen and oxygen atoms in total. The van der Waals surface area contributed by atoms with Crippen LogP contribution in [0.4, 0.5) is 0 Å². The molecule has 1 heterocycles. The van der Waals surface area contributed by atoms with Gasteiger partial charge < -0.3 is 9.47 Å². The second kappa shape index (κ2) is 6.20. The molecule has 24 heavy (non-hydrogen) atoms. The van der Waals surface area contributed by atoms with E-state index in [4.69, 9.17) is 14.5 Å². The van der Waals surface area contributed by atoms with Crippen molar-refractivity contribution in [3.63, 3.8) is 0 Å². The standard InChI is InChI=1S/C21H17NO2/c1-23-16-11-12-20-18(13-16)21(17-9-5-6-10-19(17)22-20)24-14-15-7-3-2-4-8-15/h2-13H,14H2,1H3. The topological polar surface area (TPSA) is 31.4 Å². The van der Waals surface area contributed by atoms with Gasteiger partial charge in [-0.3, -0.25) is 0 Å². The van der Waals surface area contributed by atoms with Crippen LogP contribution >= 0.6 is 0 Å². The number of hydrogen-bond acceptors (Lipinski definition) is 3. The Morgan fingerprint density at radius 3 is 2.38 bits per heavy atom. The third-order valence-electron chi connectivity index (χ3n) is 4.06. The average molecular weight is 315 g/mol. The molecule has 0 spiro atoms. The number of hydrogen-bond donors (Lipinski definition) is 0. The summed E-state index contributed by atoms with van der Waals surface area (Å²) < 4.78 is 11.6. The Morgan fingerprint density at radius 2 is 1.54 bits per heavy atom. The van der Waals surface area contributed by atoms with Gasteiger partial charge in [0.1, 0.15) is 18.1 Å². The van der Waals surface area contributed by atoms with E-state index in [1.54, 1.807) is 7.11 Å². The minimum atomic E-state index is 0.515. The molecular formula is C21H17NO2. The number of benzene rings is 3. The first kappa shape index (κ1) is 14.5. The Labute approximate surface area is 140 Å². The molecule has 4 aromatic rings. The fraction of sp³-hybridized carbons (Fsp3) is 0.0952. The first-order valence-corrected chi connectivity index (χ1v) is 7.88. The monoisotopic (exact) mass is 315 g/mol. The van der Waals surface area contributed by atoms with E-state index in [1.807, 2.05) is 60.7 Å². The summed E-state index contributed by atoms with van der Waals surface area (Å²) >= 11 is 0. The molecule has 0 bridgehead atoms. The lowest BCUT2D eigenvalue weighted by molar-refractivity contribution is 0.313. The third kappa shape index (κ3) is 2.65. The Morgan fingerprint density at radius 1 is 0.792 bits per heavy atom. The molecule has 0 N–H and O–H groups in total. The quantitative estimate of drug-likeness (QED) is 0.498. The molecule has 3 heteroatoms. The van der Waals surface area contributed by atoms with Crippen LogP contribution in [0.25, 0.3) is 21.8 Å². The second-order valence-corrected chi connectivity index (χ2v) is 5.62. The molecule has 3 aromatic carbocycles. The average Bonchev–Trinajstić information content (AvgIpc) is 2.65. The van der Waals surface area contributed by atoms with Crippen molar-refractivity contribution in [1.82, 2.24) is 4.98 Å². The lowest BCUT2D eigenvalue weighted by atomic mass is 10.1. The molecule has 0 amide bonds. The summed E-state index contributed by atoms with van der Waals surface area (Å²) in [4.78, 5) is 4.73. The second-order valence-electron chi connectivity index (χ2n) is 5.62. The molecule has 0 aliphatic rings. The number of rotatable bonds is 4. The first-order valence-electron chi connectivity index (χ1n) is 7.88. The van der Waals surface area contributed by atoms with Crippen molar-refractivity contribution < 1.29 is 9.47 Å². The van der Waals surface area contributed by atoms with Crippen LogP contribution in [-0.4, -0.2) is 12.1 Å². The summed E-state index contributed by atoms with van der Waals surface area (Å²) in [5.41, 5.74) is 2.96. The predicted molar refractivity (Wildman–Crippen MR) is 96.6 cm³/mol. The van der Waals surface area contributed by atoms with Gasteiger partial charge in [-0.05, 0) is 35.9 Å². The number of methoxy groups -OCH3 is 1. The number of pyridine rings is 1. The molecular weight excluding hydrogens is 298 g/mol. The van der Waals surface area contributed by atoms with Crippen molar-refractivity contribution in [2.24, 2.45) is 0 Å². The van der Waals surface area contributed by atoms with Crippen LogP contribution in [0.15, 0.2) is 72.8 Å². The Bertz CT molecular complexity index is 996. The highest BCUT2D eigenvalue weighted by molar-refractivity contribution is 6.01. The largest absolute Gasteiger partial charge is 0.497 e. The van der Waals surface area contributed by atoms with Crippen molar-refractivity contribution in [1.29, 1.82) is 0 Å². The first-order chi connectivity index (χ1) is 11.8. The smallest absolute Gasteiger partial charge is 0.138 e. The molecule has 0 saturated heterocycles. The van der Waals surface area contributed by atoms with Gasteiger partial charge in [0.15, 0.2) is 0 Å². The Hall–Kier alpha value is -3.07. The molecule has 0 aliphatic heterocycles. The SMILES string of the molecule is COc1ccc2nc3ccccc3c(OCc3ccccc3)c2c1. The summed E-state index contributed by atoms with van der Waals surface area (Å²) in [5.74, 6) is 1.64. The fourth-order valence-corrected chi connectivity index (χ4v) is 2.84. The van der Waals surface area contributed by atoms with Gasteiger partial charge >= 0.3 is 0 Å². The van der Waals surface area contributed by atoms with E-state index in [0.29, 0.717) is 6.61 Å². The molecule has 0 saturated carbocycles. The number of fused-ring (bicyclic) bond motifs is 2. The zero-order valence-electron chi connectivity index (χ0n) is 13.4. The maximum Gasteiger partial charge on any atom is 0.138 e.